The van der Waals surface area contributed by atoms with Gasteiger partial charge in [0, 0.05) is 39.2 Å². The molecule has 2 aromatic carbocycles. The van der Waals surface area contributed by atoms with Crippen LogP contribution in [0.3, 0.4) is 0 Å². The first kappa shape index (κ1) is 24.0. The number of aliphatic hydroxyl groups is 2. The zero-order valence-electron chi connectivity index (χ0n) is 18.9. The molecule has 2 aromatic rings. The smallest absolute Gasteiger partial charge is 0.259 e. The van der Waals surface area contributed by atoms with Crippen LogP contribution in [0.4, 0.5) is 0 Å². The number of ether oxygens (including phenoxy) is 1. The molecule has 0 saturated heterocycles. The highest BCUT2D eigenvalue weighted by atomic mass is 16.5. The number of nitrogens with zero attached hydrogens (tertiary/aromatic N) is 1. The number of amides is 1. The minimum absolute atomic E-state index is 0.00244. The van der Waals surface area contributed by atoms with Gasteiger partial charge in [0.05, 0.1) is 6.61 Å². The van der Waals surface area contributed by atoms with E-state index in [9.17, 15) is 20.1 Å². The molecule has 1 aliphatic rings. The Hall–Kier alpha value is -2.61. The number of carbonyl (C=O) groups excluding carboxylic acids is 1. The van der Waals surface area contributed by atoms with Gasteiger partial charge in [-0.25, -0.2) is 0 Å². The van der Waals surface area contributed by atoms with Gasteiger partial charge in [-0.1, -0.05) is 18.2 Å². The van der Waals surface area contributed by atoms with E-state index in [-0.39, 0.29) is 43.4 Å². The second-order valence-corrected chi connectivity index (χ2v) is 8.60. The summed E-state index contributed by atoms with van der Waals surface area (Å²) in [6.45, 7) is 0.608. The molecule has 174 valence electrons. The first-order chi connectivity index (χ1) is 15.4. The fraction of sp³-hybridized carbons (Fsp3) is 0.480. The van der Waals surface area contributed by atoms with Crippen molar-refractivity contribution in [3.63, 3.8) is 0 Å². The summed E-state index contributed by atoms with van der Waals surface area (Å²) in [5, 5.41) is 32.7. The van der Waals surface area contributed by atoms with Crippen molar-refractivity contribution < 1.29 is 24.9 Å². The summed E-state index contributed by atoms with van der Waals surface area (Å²) in [5.41, 5.74) is 4.16. The van der Waals surface area contributed by atoms with Crippen molar-refractivity contribution >= 4 is 5.91 Å². The maximum absolute atomic E-state index is 11.8. The van der Waals surface area contributed by atoms with Gasteiger partial charge < -0.3 is 30.3 Å². The molecule has 0 spiro atoms. The first-order valence-electron chi connectivity index (χ1n) is 11.1. The standard InChI is InChI=1S/C25H34N2O5/c1-27(2)25(31)16-32-23-7-4-17-3-6-22(12-20(17)13-23)26-14-21(15-29)18-5-8-24(30)19(11-18)9-10-28/h4-5,7-8,11,13,21-22,26,28-30H,3,6,9-10,12,14-16H2,1-2H3. The van der Waals surface area contributed by atoms with Gasteiger partial charge in [0.2, 0.25) is 0 Å². The SMILES string of the molecule is CN(C)C(=O)COc1ccc2c(c1)CC(NCC(CO)c1ccc(O)c(CCO)c1)CC2. The number of fused-ring (bicyclic) bond motifs is 1. The van der Waals surface area contributed by atoms with Crippen molar-refractivity contribution in [2.45, 2.75) is 37.6 Å². The van der Waals surface area contributed by atoms with Crippen LogP contribution in [0, 0.1) is 0 Å². The zero-order valence-corrected chi connectivity index (χ0v) is 18.9. The molecule has 0 heterocycles. The maximum atomic E-state index is 11.8. The highest BCUT2D eigenvalue weighted by molar-refractivity contribution is 5.77. The predicted molar refractivity (Wildman–Crippen MR) is 123 cm³/mol. The van der Waals surface area contributed by atoms with Crippen molar-refractivity contribution in [1.82, 2.24) is 10.2 Å². The average molecular weight is 443 g/mol. The van der Waals surface area contributed by atoms with Crippen LogP contribution in [0.5, 0.6) is 11.5 Å². The van der Waals surface area contributed by atoms with Crippen LogP contribution in [-0.2, 0) is 24.1 Å². The number of aromatic hydroxyl groups is 1. The van der Waals surface area contributed by atoms with E-state index in [1.54, 1.807) is 20.2 Å². The Morgan fingerprint density at radius 1 is 1.19 bits per heavy atom. The van der Waals surface area contributed by atoms with Crippen molar-refractivity contribution in [3.05, 3.63) is 58.7 Å². The van der Waals surface area contributed by atoms with Crippen molar-refractivity contribution in [2.24, 2.45) is 0 Å². The molecule has 7 heteroatoms. The summed E-state index contributed by atoms with van der Waals surface area (Å²) in [6, 6.07) is 11.6. The van der Waals surface area contributed by atoms with Crippen LogP contribution in [0.2, 0.25) is 0 Å². The molecule has 32 heavy (non-hydrogen) atoms. The van der Waals surface area contributed by atoms with E-state index in [4.69, 9.17) is 4.74 Å². The van der Waals surface area contributed by atoms with Gasteiger partial charge in [-0.2, -0.15) is 0 Å². The van der Waals surface area contributed by atoms with Crippen LogP contribution >= 0.6 is 0 Å². The fourth-order valence-electron chi connectivity index (χ4n) is 4.05. The normalized spacial score (nSPS) is 16.3. The topological polar surface area (TPSA) is 102 Å². The van der Waals surface area contributed by atoms with Crippen LogP contribution in [0.15, 0.2) is 36.4 Å². The molecule has 7 nitrogen and oxygen atoms in total. The number of carbonyl (C=O) groups is 1. The van der Waals surface area contributed by atoms with E-state index in [1.165, 1.54) is 16.0 Å². The molecule has 4 N–H and O–H groups in total. The largest absolute Gasteiger partial charge is 0.508 e. The first-order valence-corrected chi connectivity index (χ1v) is 11.1. The molecular weight excluding hydrogens is 408 g/mol. The third-order valence-electron chi connectivity index (χ3n) is 6.10. The van der Waals surface area contributed by atoms with Gasteiger partial charge in [0.1, 0.15) is 11.5 Å². The number of likely N-dealkylation sites (N-methyl/N-ethyl adjacent to an activating group) is 1. The highest BCUT2D eigenvalue weighted by Gasteiger charge is 2.21. The molecule has 1 amide bonds. The number of phenols is 1. The molecule has 0 aliphatic heterocycles. The number of aryl methyl sites for hydroxylation is 1. The van der Waals surface area contributed by atoms with Gasteiger partial charge in [0.25, 0.3) is 5.91 Å². The van der Waals surface area contributed by atoms with Gasteiger partial charge in [-0.3, -0.25) is 4.79 Å². The summed E-state index contributed by atoms with van der Waals surface area (Å²) in [5.74, 6) is 0.699. The molecule has 0 fully saturated rings. The average Bonchev–Trinajstić information content (AvgIpc) is 2.79. The summed E-state index contributed by atoms with van der Waals surface area (Å²) < 4.78 is 5.66. The summed E-state index contributed by atoms with van der Waals surface area (Å²) in [7, 11) is 3.42. The quantitative estimate of drug-likeness (QED) is 0.446. The van der Waals surface area contributed by atoms with E-state index >= 15 is 0 Å². The van der Waals surface area contributed by atoms with Crippen LogP contribution in [-0.4, -0.2) is 72.6 Å². The molecule has 0 bridgehead atoms. The Bertz CT molecular complexity index is 915. The van der Waals surface area contributed by atoms with E-state index < -0.39 is 0 Å². The molecule has 2 atom stereocenters. The summed E-state index contributed by atoms with van der Waals surface area (Å²) in [4.78, 5) is 13.3. The van der Waals surface area contributed by atoms with Gasteiger partial charge >= 0.3 is 0 Å². The van der Waals surface area contributed by atoms with Crippen molar-refractivity contribution in [2.75, 3.05) is 40.5 Å². The molecule has 0 radical (unpaired) electrons. The Kier molecular flexibility index (Phi) is 8.50. The highest BCUT2D eigenvalue weighted by Crippen LogP contribution is 2.27. The Labute approximate surface area is 189 Å². The molecule has 3 rings (SSSR count). The second kappa shape index (κ2) is 11.3. The lowest BCUT2D eigenvalue weighted by Gasteiger charge is -2.28. The maximum Gasteiger partial charge on any atom is 0.259 e. The predicted octanol–water partition coefficient (Wildman–Crippen LogP) is 1.62. The molecule has 2 unspecified atom stereocenters. The third kappa shape index (κ3) is 6.22. The van der Waals surface area contributed by atoms with Gasteiger partial charge in [-0.15, -0.1) is 0 Å². The Morgan fingerprint density at radius 3 is 2.72 bits per heavy atom. The monoisotopic (exact) mass is 442 g/mol. The molecule has 0 aromatic heterocycles. The Balaban J connectivity index is 1.60. The van der Waals surface area contributed by atoms with Crippen LogP contribution in [0.1, 0.15) is 34.6 Å². The number of rotatable bonds is 10. The van der Waals surface area contributed by atoms with Crippen LogP contribution in [0.25, 0.3) is 0 Å². The number of aliphatic hydroxyl groups excluding tert-OH is 2. The lowest BCUT2D eigenvalue weighted by molar-refractivity contribution is -0.130. The number of hydrogen-bond acceptors (Lipinski definition) is 6. The minimum Gasteiger partial charge on any atom is -0.508 e. The van der Waals surface area contributed by atoms with E-state index in [0.29, 0.717) is 24.3 Å². The number of hydrogen-bond donors (Lipinski definition) is 4. The van der Waals surface area contributed by atoms with Crippen LogP contribution < -0.4 is 10.1 Å². The third-order valence-corrected chi connectivity index (χ3v) is 6.10. The van der Waals surface area contributed by atoms with Crippen molar-refractivity contribution in [1.29, 1.82) is 0 Å². The summed E-state index contributed by atoms with van der Waals surface area (Å²) >= 11 is 0. The van der Waals surface area contributed by atoms with Gasteiger partial charge in [-0.05, 0) is 66.1 Å². The number of benzene rings is 2. The van der Waals surface area contributed by atoms with E-state index in [0.717, 1.165) is 24.8 Å². The lowest BCUT2D eigenvalue weighted by atomic mass is 9.87. The summed E-state index contributed by atoms with van der Waals surface area (Å²) in [6.07, 6.45) is 3.22. The Morgan fingerprint density at radius 2 is 2.00 bits per heavy atom. The second-order valence-electron chi connectivity index (χ2n) is 8.60. The molecule has 0 saturated carbocycles. The zero-order chi connectivity index (χ0) is 23.1. The number of nitrogens with one attached hydrogen (secondary N) is 1. The van der Waals surface area contributed by atoms with E-state index in [2.05, 4.69) is 11.4 Å². The minimum atomic E-state index is -0.0962. The van der Waals surface area contributed by atoms with Gasteiger partial charge in [0.15, 0.2) is 6.61 Å². The molecular formula is C25H34N2O5. The lowest BCUT2D eigenvalue weighted by Crippen LogP contribution is -2.37. The number of phenolic OH excluding ortho intramolecular Hbond substituents is 1. The van der Waals surface area contributed by atoms with E-state index in [1.807, 2.05) is 24.3 Å². The van der Waals surface area contributed by atoms with Crippen molar-refractivity contribution in [3.8, 4) is 11.5 Å². The molecule has 1 aliphatic carbocycles. The fourth-order valence-corrected chi connectivity index (χ4v) is 4.05.